The molecule has 0 aliphatic carbocycles. The summed E-state index contributed by atoms with van der Waals surface area (Å²) in [6.07, 6.45) is 0. The van der Waals surface area contributed by atoms with Gasteiger partial charge in [-0.15, -0.1) is 0 Å². The molecule has 16 nitrogen and oxygen atoms in total. The lowest BCUT2D eigenvalue weighted by Crippen LogP contribution is -1.96. The Morgan fingerprint density at radius 2 is 0.451 bits per heavy atom. The van der Waals surface area contributed by atoms with Crippen LogP contribution in [0.15, 0.2) is 447 Å². The SMILES string of the molecule is Cc1cc(-n2c3ccccc3c3ccccc32)cc2c1oc1ccccc12.Cc1cc(-n2c3ccccc3n3c4ccccc4nc23)cc2c1oc1ccccc12.Cc1ccc2oc3c(-n4c5ccccc5c5ccccc54)cccc3c2c1.Cc1ccc2oc3c(-n4c5ccccc5n5c6ccccc6nc45)cccc3c2c1.Cc1cccc2c1oc1ccc(-n3c4ccccc4n4c5ccccc5nc34)cc12. The Hall–Kier alpha value is -19.2. The van der Waals surface area contributed by atoms with Gasteiger partial charge in [-0.05, 0) is 239 Å². The average Bonchev–Trinajstić information content (AvgIpc) is 1.56. The Bertz CT molecular complexity index is 11100. The van der Waals surface area contributed by atoms with Crippen LogP contribution in [0.25, 0.3) is 265 Å². The lowest BCUT2D eigenvalue weighted by atomic mass is 10.1. The van der Waals surface area contributed by atoms with Crippen LogP contribution in [0.4, 0.5) is 0 Å². The molecule has 0 N–H and O–H groups in total. The molecule has 0 spiro atoms. The summed E-state index contributed by atoms with van der Waals surface area (Å²) in [5, 5.41) is 16.6. The number of hydrogen-bond donors (Lipinski definition) is 0. The standard InChI is InChI=1S/3C26H17N3O.2C25H17NO/c1-16-14-17(15-19-18-8-2-7-13-24(18)30-25(16)19)28-22-11-5-6-12-23(22)29-21-10-4-3-9-20(21)27-26(28)29;1-16-7-6-8-18-19-15-17(13-14-24(19)30-25(16)18)28-22-11-4-5-12-23(22)29-21-10-3-2-9-20(21)27-26(28)29;1-16-13-14-24-18(15-16)17-7-6-12-23(25(17)30-24)29-22-11-5-4-10-21(22)28-20-9-3-2-8-19(20)27-26(28)29;1-16-14-17(15-21-20-10-4-7-13-24(20)27-25(16)21)26-22-11-5-2-8-18(22)19-9-3-6-12-23(19)26;1-16-13-14-24-20(15-16)19-9-6-12-23(25(19)27-24)26-21-10-4-2-7-17(21)18-8-3-5-11-22(18)26/h3*2-15H,1H3;2*2-15H,1H3. The summed E-state index contributed by atoms with van der Waals surface area (Å²) >= 11 is 0. The number of hydrogen-bond acceptors (Lipinski definition) is 8. The Labute approximate surface area is 820 Å². The second-order valence-electron chi connectivity index (χ2n) is 37.6. The normalized spacial score (nSPS) is 12.1. The molecule has 0 unspecified atom stereocenters. The Balaban J connectivity index is 0.0000000857. The Morgan fingerprint density at radius 1 is 0.167 bits per heavy atom. The van der Waals surface area contributed by atoms with Gasteiger partial charge < -0.3 is 31.2 Å². The van der Waals surface area contributed by atoms with Crippen LogP contribution < -0.4 is 0 Å². The molecule has 0 saturated carbocycles. The average molecular weight is 1860 g/mol. The molecule has 0 saturated heterocycles. The summed E-state index contributed by atoms with van der Waals surface area (Å²) in [5.74, 6) is 2.73. The number of rotatable bonds is 5. The molecule has 0 bridgehead atoms. The van der Waals surface area contributed by atoms with E-state index in [1.165, 1.54) is 76.6 Å². The molecule has 33 aromatic rings. The second kappa shape index (κ2) is 31.9. The van der Waals surface area contributed by atoms with Crippen molar-refractivity contribution in [1.29, 1.82) is 0 Å². The summed E-state index contributed by atoms with van der Waals surface area (Å²) < 4.78 is 49.2. The number of fused-ring (bicyclic) bond motifs is 36. The summed E-state index contributed by atoms with van der Waals surface area (Å²) in [6, 6.07) is 148. The van der Waals surface area contributed by atoms with Crippen molar-refractivity contribution in [3.05, 3.63) is 452 Å². The van der Waals surface area contributed by atoms with Crippen molar-refractivity contribution in [2.75, 3.05) is 0 Å². The number of imidazole rings is 6. The third kappa shape index (κ3) is 12.5. The van der Waals surface area contributed by atoms with Crippen molar-refractivity contribution in [1.82, 2.24) is 51.0 Å². The second-order valence-corrected chi connectivity index (χ2v) is 37.6. The van der Waals surface area contributed by atoms with Crippen molar-refractivity contribution in [2.24, 2.45) is 0 Å². The maximum absolute atomic E-state index is 6.38. The summed E-state index contributed by atoms with van der Waals surface area (Å²) in [4.78, 5) is 15.0. The van der Waals surface area contributed by atoms with Crippen LogP contribution in [0.5, 0.6) is 0 Å². The molecule has 0 atom stereocenters. The van der Waals surface area contributed by atoms with Gasteiger partial charge in [0.2, 0.25) is 17.3 Å². The highest BCUT2D eigenvalue weighted by atomic mass is 16.3. The summed E-state index contributed by atoms with van der Waals surface area (Å²) in [7, 11) is 0. The zero-order valence-electron chi connectivity index (χ0n) is 78.9. The Morgan fingerprint density at radius 3 is 0.889 bits per heavy atom. The lowest BCUT2D eigenvalue weighted by Gasteiger charge is -2.09. The van der Waals surface area contributed by atoms with Gasteiger partial charge in [-0.25, -0.2) is 15.0 Å². The fourth-order valence-corrected chi connectivity index (χ4v) is 22.6. The number of aryl methyl sites for hydroxylation is 5. The van der Waals surface area contributed by atoms with Gasteiger partial charge in [0.1, 0.15) is 44.7 Å². The summed E-state index contributed by atoms with van der Waals surface area (Å²) in [6.45, 7) is 10.6. The van der Waals surface area contributed by atoms with E-state index in [0.717, 1.165) is 217 Å². The van der Waals surface area contributed by atoms with E-state index in [2.05, 4.69) is 453 Å². The minimum atomic E-state index is 0.883. The van der Waals surface area contributed by atoms with Crippen LogP contribution >= 0.6 is 0 Å². The van der Waals surface area contributed by atoms with Crippen LogP contribution in [0.3, 0.4) is 0 Å². The topological polar surface area (TPSA) is 142 Å². The van der Waals surface area contributed by atoms with Gasteiger partial charge in [0.25, 0.3) is 0 Å². The van der Waals surface area contributed by atoms with Crippen LogP contribution in [0.1, 0.15) is 27.8 Å². The first-order valence-corrected chi connectivity index (χ1v) is 48.7. The van der Waals surface area contributed by atoms with E-state index in [9.17, 15) is 0 Å². The molecule has 33 rings (SSSR count). The number of nitrogens with zero attached hydrogens (tertiary/aromatic N) is 11. The minimum absolute atomic E-state index is 0.883. The number of furan rings is 5. The molecule has 0 fully saturated rings. The molecule has 0 radical (unpaired) electrons. The zero-order chi connectivity index (χ0) is 95.4. The predicted molar refractivity (Wildman–Crippen MR) is 590 cm³/mol. The van der Waals surface area contributed by atoms with Gasteiger partial charge in [-0.2, -0.15) is 0 Å². The van der Waals surface area contributed by atoms with E-state index < -0.39 is 0 Å². The van der Waals surface area contributed by atoms with Gasteiger partial charge >= 0.3 is 0 Å². The third-order valence-corrected chi connectivity index (χ3v) is 29.0. The fraction of sp³-hybridized carbons (Fsp3) is 0.0391. The molecule has 13 aromatic heterocycles. The van der Waals surface area contributed by atoms with Crippen LogP contribution in [-0.4, -0.2) is 51.0 Å². The van der Waals surface area contributed by atoms with Crippen molar-refractivity contribution in [3.8, 4) is 28.4 Å². The molecule has 20 aromatic carbocycles. The van der Waals surface area contributed by atoms with Crippen molar-refractivity contribution < 1.29 is 22.1 Å². The van der Waals surface area contributed by atoms with Gasteiger partial charge in [-0.1, -0.05) is 248 Å². The first-order valence-electron chi connectivity index (χ1n) is 48.7. The monoisotopic (exact) mass is 1860 g/mol. The van der Waals surface area contributed by atoms with Crippen molar-refractivity contribution >= 4 is 237 Å². The molecule has 682 valence electrons. The van der Waals surface area contributed by atoms with Crippen molar-refractivity contribution in [3.63, 3.8) is 0 Å². The molecule has 0 aliphatic heterocycles. The predicted octanol–water partition coefficient (Wildman–Crippen LogP) is 33.9. The van der Waals surface area contributed by atoms with Gasteiger partial charge in [-0.3, -0.25) is 26.9 Å². The van der Waals surface area contributed by atoms with E-state index in [1.807, 2.05) is 42.5 Å². The maximum atomic E-state index is 6.38. The third-order valence-electron chi connectivity index (χ3n) is 29.0. The highest BCUT2D eigenvalue weighted by molar-refractivity contribution is 6.16. The molecular weight excluding hydrogens is 1770 g/mol. The Kier molecular flexibility index (Phi) is 18.2. The fourth-order valence-electron chi connectivity index (χ4n) is 22.6. The van der Waals surface area contributed by atoms with Crippen LogP contribution in [0, 0.1) is 34.6 Å². The number of benzene rings is 20. The molecule has 16 heteroatoms. The highest BCUT2D eigenvalue weighted by Gasteiger charge is 2.27. The van der Waals surface area contributed by atoms with Crippen LogP contribution in [-0.2, 0) is 0 Å². The minimum Gasteiger partial charge on any atom is -0.456 e. The first-order chi connectivity index (χ1) is 71.0. The van der Waals surface area contributed by atoms with E-state index in [-0.39, 0.29) is 0 Å². The lowest BCUT2D eigenvalue weighted by molar-refractivity contribution is 0.665. The highest BCUT2D eigenvalue weighted by Crippen LogP contribution is 2.45. The van der Waals surface area contributed by atoms with E-state index >= 15 is 0 Å². The molecular formula is C128H85N11O5. The molecule has 0 aliphatic rings. The van der Waals surface area contributed by atoms with Gasteiger partial charge in [0, 0.05) is 81.1 Å². The number of para-hydroxylation sites is 21. The van der Waals surface area contributed by atoms with E-state index in [0.29, 0.717) is 0 Å². The van der Waals surface area contributed by atoms with Crippen LogP contribution in [0.2, 0.25) is 0 Å². The van der Waals surface area contributed by atoms with Gasteiger partial charge in [0.05, 0.1) is 111 Å². The largest absolute Gasteiger partial charge is 0.456 e. The first kappa shape index (κ1) is 81.9. The quantitative estimate of drug-likeness (QED) is 0.166. The van der Waals surface area contributed by atoms with E-state index in [1.54, 1.807) is 0 Å². The molecule has 0 amide bonds. The van der Waals surface area contributed by atoms with E-state index in [4.69, 9.17) is 37.0 Å². The summed E-state index contributed by atoms with van der Waals surface area (Å²) in [5.41, 5.74) is 38.6. The van der Waals surface area contributed by atoms with Gasteiger partial charge in [0.15, 0.2) is 11.2 Å². The smallest absolute Gasteiger partial charge is 0.220 e. The molecule has 144 heavy (non-hydrogen) atoms. The van der Waals surface area contributed by atoms with Crippen molar-refractivity contribution in [2.45, 2.75) is 34.6 Å². The maximum Gasteiger partial charge on any atom is 0.220 e. The zero-order valence-corrected chi connectivity index (χ0v) is 78.9. The molecule has 13 heterocycles. The number of aromatic nitrogens is 11.